The summed E-state index contributed by atoms with van der Waals surface area (Å²) in [6, 6.07) is 1.16. The van der Waals surface area contributed by atoms with E-state index in [2.05, 4.69) is 16.7 Å². The first-order valence-corrected chi connectivity index (χ1v) is 6.68. The average molecular weight is 226 g/mol. The number of hydrogen-bond donors (Lipinski definition) is 0. The van der Waals surface area contributed by atoms with Crippen molar-refractivity contribution in [2.75, 3.05) is 19.6 Å². The molecular weight excluding hydrogens is 200 g/mol. The lowest BCUT2D eigenvalue weighted by Crippen LogP contribution is -2.49. The SMILES string of the molecule is CC.CCN1CC2C[C@@H]1CN2C(=O)C(C)C. The van der Waals surface area contributed by atoms with E-state index in [0.717, 1.165) is 19.6 Å². The molecule has 2 aliphatic heterocycles. The quantitative estimate of drug-likeness (QED) is 0.719. The van der Waals surface area contributed by atoms with Gasteiger partial charge in [0.2, 0.25) is 5.91 Å². The van der Waals surface area contributed by atoms with Gasteiger partial charge in [-0.1, -0.05) is 34.6 Å². The van der Waals surface area contributed by atoms with Crippen molar-refractivity contribution < 1.29 is 4.79 Å². The molecule has 0 saturated carbocycles. The predicted molar refractivity (Wildman–Crippen MR) is 67.3 cm³/mol. The Morgan fingerprint density at radius 1 is 1.25 bits per heavy atom. The summed E-state index contributed by atoms with van der Waals surface area (Å²) in [4.78, 5) is 16.4. The number of piperazine rings is 1. The Morgan fingerprint density at radius 3 is 2.25 bits per heavy atom. The number of carbonyl (C=O) groups is 1. The number of hydrogen-bond acceptors (Lipinski definition) is 2. The highest BCUT2D eigenvalue weighted by Gasteiger charge is 2.44. The lowest BCUT2D eigenvalue weighted by Gasteiger charge is -2.34. The molecule has 1 unspecified atom stereocenters. The molecule has 2 saturated heterocycles. The summed E-state index contributed by atoms with van der Waals surface area (Å²) in [5.74, 6) is 0.498. The molecule has 2 bridgehead atoms. The standard InChI is InChI=1S/C11H20N2O.C2H6/c1-4-12-6-10-5-9(12)7-13(10)11(14)8(2)3;1-2/h8-10H,4-7H2,1-3H3;1-2H3/t9-,10?;/m1./s1. The number of likely N-dealkylation sites (tertiary alicyclic amines) is 2. The first kappa shape index (κ1) is 13.5. The van der Waals surface area contributed by atoms with Gasteiger partial charge in [-0.15, -0.1) is 0 Å². The maximum Gasteiger partial charge on any atom is 0.225 e. The maximum absolute atomic E-state index is 11.8. The normalized spacial score (nSPS) is 28.2. The molecule has 1 amide bonds. The van der Waals surface area contributed by atoms with E-state index < -0.39 is 0 Å². The predicted octanol–water partition coefficient (Wildman–Crippen LogP) is 1.97. The van der Waals surface area contributed by atoms with Crippen LogP contribution in [0.1, 0.15) is 41.0 Å². The van der Waals surface area contributed by atoms with Crippen LogP contribution in [0.2, 0.25) is 0 Å². The van der Waals surface area contributed by atoms with E-state index in [0.29, 0.717) is 18.0 Å². The molecule has 2 fully saturated rings. The van der Waals surface area contributed by atoms with Crippen molar-refractivity contribution in [3.8, 4) is 0 Å². The molecule has 3 heteroatoms. The van der Waals surface area contributed by atoms with E-state index in [9.17, 15) is 4.79 Å². The molecule has 0 N–H and O–H groups in total. The molecular formula is C13H26N2O. The molecule has 0 aromatic carbocycles. The van der Waals surface area contributed by atoms with Gasteiger partial charge in [-0.2, -0.15) is 0 Å². The van der Waals surface area contributed by atoms with Gasteiger partial charge in [-0.25, -0.2) is 0 Å². The van der Waals surface area contributed by atoms with E-state index in [4.69, 9.17) is 0 Å². The van der Waals surface area contributed by atoms with Gasteiger partial charge in [-0.3, -0.25) is 9.69 Å². The average Bonchev–Trinajstić information content (AvgIpc) is 2.89. The van der Waals surface area contributed by atoms with Gasteiger partial charge in [-0.05, 0) is 13.0 Å². The van der Waals surface area contributed by atoms with E-state index in [1.54, 1.807) is 0 Å². The van der Waals surface area contributed by atoms with E-state index in [1.165, 1.54) is 6.42 Å². The molecule has 2 heterocycles. The fraction of sp³-hybridized carbons (Fsp3) is 0.923. The van der Waals surface area contributed by atoms with Crippen LogP contribution < -0.4 is 0 Å². The highest BCUT2D eigenvalue weighted by molar-refractivity contribution is 5.79. The highest BCUT2D eigenvalue weighted by Crippen LogP contribution is 2.31. The number of carbonyl (C=O) groups excluding carboxylic acids is 1. The zero-order valence-electron chi connectivity index (χ0n) is 11.4. The van der Waals surface area contributed by atoms with Gasteiger partial charge < -0.3 is 4.90 Å². The second-order valence-electron chi connectivity index (χ2n) is 4.78. The van der Waals surface area contributed by atoms with Crippen molar-refractivity contribution in [2.45, 2.75) is 53.1 Å². The third-order valence-electron chi connectivity index (χ3n) is 3.54. The Labute approximate surface area is 99.8 Å². The zero-order chi connectivity index (χ0) is 12.3. The zero-order valence-corrected chi connectivity index (χ0v) is 11.4. The minimum atomic E-state index is 0.157. The Morgan fingerprint density at radius 2 is 1.88 bits per heavy atom. The molecule has 0 spiro atoms. The van der Waals surface area contributed by atoms with Crippen molar-refractivity contribution in [3.05, 3.63) is 0 Å². The summed E-state index contributed by atoms with van der Waals surface area (Å²) in [6.07, 6.45) is 1.20. The van der Waals surface area contributed by atoms with Crippen LogP contribution >= 0.6 is 0 Å². The van der Waals surface area contributed by atoms with Gasteiger partial charge in [0.15, 0.2) is 0 Å². The van der Waals surface area contributed by atoms with Crippen molar-refractivity contribution >= 4 is 5.91 Å². The van der Waals surface area contributed by atoms with Crippen LogP contribution in [-0.2, 0) is 4.79 Å². The van der Waals surface area contributed by atoms with Gasteiger partial charge in [0.1, 0.15) is 0 Å². The molecule has 16 heavy (non-hydrogen) atoms. The largest absolute Gasteiger partial charge is 0.337 e. The van der Waals surface area contributed by atoms with Crippen molar-refractivity contribution in [2.24, 2.45) is 5.92 Å². The van der Waals surface area contributed by atoms with Gasteiger partial charge in [0.05, 0.1) is 0 Å². The van der Waals surface area contributed by atoms with Crippen LogP contribution in [0.3, 0.4) is 0 Å². The summed E-state index contributed by atoms with van der Waals surface area (Å²) >= 11 is 0. The maximum atomic E-state index is 11.8. The summed E-state index contributed by atoms with van der Waals surface area (Å²) in [5.41, 5.74) is 0. The molecule has 2 rings (SSSR count). The smallest absolute Gasteiger partial charge is 0.225 e. The Hall–Kier alpha value is -0.570. The van der Waals surface area contributed by atoms with E-state index in [-0.39, 0.29) is 5.92 Å². The molecule has 2 aliphatic rings. The summed E-state index contributed by atoms with van der Waals surface area (Å²) in [7, 11) is 0. The van der Waals surface area contributed by atoms with Gasteiger partial charge in [0, 0.05) is 31.1 Å². The first-order chi connectivity index (χ1) is 7.63. The fourth-order valence-corrected chi connectivity index (χ4v) is 2.74. The highest BCUT2D eigenvalue weighted by atomic mass is 16.2. The molecule has 0 aromatic heterocycles. The molecule has 3 nitrogen and oxygen atoms in total. The number of amides is 1. The van der Waals surface area contributed by atoms with Crippen LogP contribution in [0.25, 0.3) is 0 Å². The van der Waals surface area contributed by atoms with Crippen molar-refractivity contribution in [3.63, 3.8) is 0 Å². The third kappa shape index (κ3) is 2.40. The van der Waals surface area contributed by atoms with Crippen LogP contribution in [-0.4, -0.2) is 47.4 Å². The van der Waals surface area contributed by atoms with Crippen LogP contribution in [0.5, 0.6) is 0 Å². The monoisotopic (exact) mass is 226 g/mol. The van der Waals surface area contributed by atoms with Crippen molar-refractivity contribution in [1.82, 2.24) is 9.80 Å². The molecule has 0 radical (unpaired) electrons. The van der Waals surface area contributed by atoms with Crippen molar-refractivity contribution in [1.29, 1.82) is 0 Å². The lowest BCUT2D eigenvalue weighted by atomic mass is 10.1. The van der Waals surface area contributed by atoms with Crippen LogP contribution in [0, 0.1) is 5.92 Å². The van der Waals surface area contributed by atoms with Gasteiger partial charge >= 0.3 is 0 Å². The minimum Gasteiger partial charge on any atom is -0.337 e. The number of rotatable bonds is 2. The number of fused-ring (bicyclic) bond motifs is 2. The number of nitrogens with zero attached hydrogens (tertiary/aromatic N) is 2. The topological polar surface area (TPSA) is 23.6 Å². The lowest BCUT2D eigenvalue weighted by molar-refractivity contribution is -0.136. The number of likely N-dealkylation sites (N-methyl/N-ethyl adjacent to an activating group) is 1. The summed E-state index contributed by atoms with van der Waals surface area (Å²) in [6.45, 7) is 13.4. The molecule has 2 atom stereocenters. The van der Waals surface area contributed by atoms with E-state index in [1.807, 2.05) is 27.7 Å². The second kappa shape index (κ2) is 5.67. The Bertz CT molecular complexity index is 240. The molecule has 0 aliphatic carbocycles. The Balaban J connectivity index is 0.000000606. The van der Waals surface area contributed by atoms with Gasteiger partial charge in [0.25, 0.3) is 0 Å². The van der Waals surface area contributed by atoms with Crippen LogP contribution in [0.4, 0.5) is 0 Å². The molecule has 94 valence electrons. The third-order valence-corrected chi connectivity index (χ3v) is 3.54. The summed E-state index contributed by atoms with van der Waals surface area (Å²) < 4.78 is 0. The molecule has 0 aromatic rings. The summed E-state index contributed by atoms with van der Waals surface area (Å²) in [5, 5.41) is 0. The van der Waals surface area contributed by atoms with E-state index >= 15 is 0 Å². The fourth-order valence-electron chi connectivity index (χ4n) is 2.74. The first-order valence-electron chi connectivity index (χ1n) is 6.68. The second-order valence-corrected chi connectivity index (χ2v) is 4.78. The van der Waals surface area contributed by atoms with Crippen LogP contribution in [0.15, 0.2) is 0 Å². The minimum absolute atomic E-state index is 0.157. The Kier molecular flexibility index (Phi) is 4.78.